The fraction of sp³-hybridized carbons (Fsp3) is 0.810. The van der Waals surface area contributed by atoms with Crippen LogP contribution in [0.2, 0.25) is 0 Å². The van der Waals surface area contributed by atoms with E-state index in [9.17, 15) is 20.1 Å². The van der Waals surface area contributed by atoms with Crippen LogP contribution in [0, 0.1) is 34.5 Å². The summed E-state index contributed by atoms with van der Waals surface area (Å²) in [6.07, 6.45) is 4.86. The summed E-state index contributed by atoms with van der Waals surface area (Å²) in [4.78, 5) is 29.0. The number of amides is 2. The molecule has 158 valence electrons. The molecular formula is C21H32N6O2. The fourth-order valence-corrected chi connectivity index (χ4v) is 4.17. The summed E-state index contributed by atoms with van der Waals surface area (Å²) < 4.78 is 0. The third-order valence-electron chi connectivity index (χ3n) is 6.47. The second-order valence-electron chi connectivity index (χ2n) is 9.18. The largest absolute Gasteiger partial charge is 0.337 e. The molecule has 1 saturated heterocycles. The van der Waals surface area contributed by atoms with Crippen LogP contribution >= 0.6 is 0 Å². The molecule has 3 fully saturated rings. The zero-order valence-electron chi connectivity index (χ0n) is 17.5. The van der Waals surface area contributed by atoms with Gasteiger partial charge < -0.3 is 10.6 Å². The van der Waals surface area contributed by atoms with E-state index in [4.69, 9.17) is 0 Å². The van der Waals surface area contributed by atoms with Crippen LogP contribution in [0.25, 0.3) is 0 Å². The first-order valence-corrected chi connectivity index (χ1v) is 10.7. The minimum Gasteiger partial charge on any atom is -0.337 e. The Morgan fingerprint density at radius 1 is 0.828 bits per heavy atom. The Morgan fingerprint density at radius 3 is 1.52 bits per heavy atom. The van der Waals surface area contributed by atoms with E-state index in [1.54, 1.807) is 0 Å². The number of rotatable bonds is 8. The highest BCUT2D eigenvalue weighted by Gasteiger charge is 2.44. The van der Waals surface area contributed by atoms with Crippen LogP contribution in [-0.4, -0.2) is 72.0 Å². The van der Waals surface area contributed by atoms with E-state index in [1.165, 1.54) is 0 Å². The van der Waals surface area contributed by atoms with Gasteiger partial charge in [-0.05, 0) is 70.9 Å². The Labute approximate surface area is 173 Å². The SMILES string of the molecule is CC(C#N)(NC(=O)CN1CCCN(CC(=O)NC(C)(C#N)C2CC2)CC1)C1CC1. The first-order valence-electron chi connectivity index (χ1n) is 10.7. The second kappa shape index (κ2) is 8.69. The molecule has 8 nitrogen and oxygen atoms in total. The maximum Gasteiger partial charge on any atom is 0.235 e. The summed E-state index contributed by atoms with van der Waals surface area (Å²) in [6, 6.07) is 4.52. The standard InChI is InChI=1S/C21H32N6O2/c1-20(14-22,16-4-5-16)24-18(28)12-26-8-3-9-27(11-10-26)13-19(29)25-21(2,15-23)17-6-7-17/h16-17H,3-13H2,1-2H3,(H,24,28)(H,25,29). The maximum atomic E-state index is 12.4. The molecule has 29 heavy (non-hydrogen) atoms. The number of hydrogen-bond acceptors (Lipinski definition) is 6. The highest BCUT2D eigenvalue weighted by molar-refractivity contribution is 5.80. The molecule has 3 rings (SSSR count). The molecule has 2 amide bonds. The van der Waals surface area contributed by atoms with Gasteiger partial charge in [0.2, 0.25) is 11.8 Å². The molecule has 1 heterocycles. The molecule has 0 bridgehead atoms. The zero-order chi connectivity index (χ0) is 21.1. The van der Waals surface area contributed by atoms with Crippen molar-refractivity contribution in [2.75, 3.05) is 39.3 Å². The van der Waals surface area contributed by atoms with E-state index in [0.29, 0.717) is 13.1 Å². The normalized spacial score (nSPS) is 24.8. The summed E-state index contributed by atoms with van der Waals surface area (Å²) >= 11 is 0. The number of carbonyl (C=O) groups excluding carboxylic acids is 2. The lowest BCUT2D eigenvalue weighted by Crippen LogP contribution is -2.51. The van der Waals surface area contributed by atoms with Gasteiger partial charge in [0.1, 0.15) is 11.1 Å². The molecule has 2 N–H and O–H groups in total. The monoisotopic (exact) mass is 400 g/mol. The van der Waals surface area contributed by atoms with Crippen LogP contribution in [-0.2, 0) is 9.59 Å². The van der Waals surface area contributed by atoms with Crippen molar-refractivity contribution in [1.82, 2.24) is 20.4 Å². The average molecular weight is 401 g/mol. The molecule has 0 aromatic heterocycles. The quantitative estimate of drug-likeness (QED) is 0.617. The predicted octanol–water partition coefficient (Wildman–Crippen LogP) is 0.611. The first-order chi connectivity index (χ1) is 13.8. The summed E-state index contributed by atoms with van der Waals surface area (Å²) in [5.41, 5.74) is -1.52. The molecule has 0 radical (unpaired) electrons. The van der Waals surface area contributed by atoms with Crippen molar-refractivity contribution in [2.45, 2.75) is 57.0 Å². The van der Waals surface area contributed by atoms with Crippen LogP contribution in [0.1, 0.15) is 46.0 Å². The van der Waals surface area contributed by atoms with Gasteiger partial charge in [-0.3, -0.25) is 19.4 Å². The molecular weight excluding hydrogens is 368 g/mol. The lowest BCUT2D eigenvalue weighted by Gasteiger charge is -2.26. The van der Waals surface area contributed by atoms with Gasteiger partial charge in [0, 0.05) is 13.1 Å². The van der Waals surface area contributed by atoms with E-state index in [1.807, 2.05) is 13.8 Å². The van der Waals surface area contributed by atoms with Crippen molar-refractivity contribution < 1.29 is 9.59 Å². The number of nitrogens with zero attached hydrogens (tertiary/aromatic N) is 4. The smallest absolute Gasteiger partial charge is 0.235 e. The lowest BCUT2D eigenvalue weighted by molar-refractivity contribution is -0.124. The molecule has 0 aromatic carbocycles. The van der Waals surface area contributed by atoms with Gasteiger partial charge >= 0.3 is 0 Å². The van der Waals surface area contributed by atoms with Crippen molar-refractivity contribution in [2.24, 2.45) is 11.8 Å². The molecule has 0 spiro atoms. The maximum absolute atomic E-state index is 12.4. The van der Waals surface area contributed by atoms with Crippen LogP contribution in [0.15, 0.2) is 0 Å². The van der Waals surface area contributed by atoms with E-state index in [2.05, 4.69) is 32.6 Å². The highest BCUT2D eigenvalue weighted by Crippen LogP contribution is 2.39. The van der Waals surface area contributed by atoms with Gasteiger partial charge in [-0.15, -0.1) is 0 Å². The van der Waals surface area contributed by atoms with Crippen LogP contribution < -0.4 is 10.6 Å². The van der Waals surface area contributed by atoms with Crippen molar-refractivity contribution >= 4 is 11.8 Å². The lowest BCUT2D eigenvalue weighted by atomic mass is 9.98. The average Bonchev–Trinajstić information content (AvgIpc) is 3.55. The Kier molecular flexibility index (Phi) is 6.45. The van der Waals surface area contributed by atoms with Crippen LogP contribution in [0.4, 0.5) is 0 Å². The molecule has 3 aliphatic rings. The van der Waals surface area contributed by atoms with Gasteiger partial charge in [-0.1, -0.05) is 0 Å². The first kappa shape index (κ1) is 21.5. The second-order valence-corrected chi connectivity index (χ2v) is 9.18. The fourth-order valence-electron chi connectivity index (χ4n) is 4.17. The van der Waals surface area contributed by atoms with Crippen molar-refractivity contribution in [1.29, 1.82) is 10.5 Å². The van der Waals surface area contributed by atoms with Crippen molar-refractivity contribution in [3.8, 4) is 12.1 Å². The Balaban J connectivity index is 1.43. The molecule has 2 saturated carbocycles. The summed E-state index contributed by atoms with van der Waals surface area (Å²) in [7, 11) is 0. The van der Waals surface area contributed by atoms with Crippen molar-refractivity contribution in [3.05, 3.63) is 0 Å². The van der Waals surface area contributed by atoms with Gasteiger partial charge in [-0.25, -0.2) is 0 Å². The predicted molar refractivity (Wildman–Crippen MR) is 107 cm³/mol. The van der Waals surface area contributed by atoms with E-state index in [0.717, 1.165) is 45.2 Å². The molecule has 1 aliphatic heterocycles. The molecule has 8 heteroatoms. The van der Waals surface area contributed by atoms with Crippen LogP contribution in [0.3, 0.4) is 0 Å². The zero-order valence-corrected chi connectivity index (χ0v) is 17.5. The van der Waals surface area contributed by atoms with Crippen LogP contribution in [0.5, 0.6) is 0 Å². The van der Waals surface area contributed by atoms with E-state index in [-0.39, 0.29) is 36.7 Å². The number of nitrogens with one attached hydrogen (secondary N) is 2. The van der Waals surface area contributed by atoms with Gasteiger partial charge in [0.05, 0.1) is 25.2 Å². The molecule has 2 unspecified atom stereocenters. The topological polar surface area (TPSA) is 112 Å². The van der Waals surface area contributed by atoms with Gasteiger partial charge in [-0.2, -0.15) is 10.5 Å². The summed E-state index contributed by atoms with van der Waals surface area (Å²) in [5, 5.41) is 24.6. The Bertz CT molecular complexity index is 660. The minimum absolute atomic E-state index is 0.110. The molecule has 2 aliphatic carbocycles. The minimum atomic E-state index is -0.762. The number of carbonyl (C=O) groups is 2. The summed E-state index contributed by atoms with van der Waals surface area (Å²) in [6.45, 7) is 7.14. The van der Waals surface area contributed by atoms with E-state index < -0.39 is 11.1 Å². The third-order valence-corrected chi connectivity index (χ3v) is 6.47. The van der Waals surface area contributed by atoms with Gasteiger partial charge in [0.15, 0.2) is 0 Å². The third kappa shape index (κ3) is 5.68. The van der Waals surface area contributed by atoms with Gasteiger partial charge in [0.25, 0.3) is 0 Å². The van der Waals surface area contributed by atoms with E-state index >= 15 is 0 Å². The molecule has 0 aromatic rings. The Hall–Kier alpha value is -2.16. The molecule has 2 atom stereocenters. The summed E-state index contributed by atoms with van der Waals surface area (Å²) in [5.74, 6) is 0.316. The Morgan fingerprint density at radius 2 is 1.21 bits per heavy atom. The van der Waals surface area contributed by atoms with Crippen molar-refractivity contribution in [3.63, 3.8) is 0 Å². The number of hydrogen-bond donors (Lipinski definition) is 2. The number of nitriles is 2. The highest BCUT2D eigenvalue weighted by atomic mass is 16.2.